The number of amides is 1. The van der Waals surface area contributed by atoms with E-state index in [1.165, 1.54) is 5.56 Å². The maximum atomic E-state index is 12.6. The number of hydrogen-bond donors (Lipinski definition) is 1. The third kappa shape index (κ3) is 3.21. The molecule has 1 amide bonds. The third-order valence-corrected chi connectivity index (χ3v) is 5.25. The summed E-state index contributed by atoms with van der Waals surface area (Å²) < 4.78 is 5.40. The summed E-state index contributed by atoms with van der Waals surface area (Å²) in [6.45, 7) is 0.415. The van der Waals surface area contributed by atoms with Crippen LogP contribution in [-0.4, -0.2) is 18.2 Å². The van der Waals surface area contributed by atoms with Gasteiger partial charge in [-0.2, -0.15) is 0 Å². The minimum Gasteiger partial charge on any atom is -0.422 e. The first kappa shape index (κ1) is 17.4. The number of aliphatic imine (C=N–C) groups is 1. The highest BCUT2D eigenvalue weighted by atomic mass is 16.4. The zero-order valence-electron chi connectivity index (χ0n) is 15.6. The number of para-hydroxylation sites is 1. The molecule has 5 heteroatoms. The molecule has 1 aliphatic heterocycles. The van der Waals surface area contributed by atoms with E-state index in [9.17, 15) is 9.59 Å². The van der Waals surface area contributed by atoms with Crippen LogP contribution >= 0.6 is 0 Å². The monoisotopic (exact) mass is 382 g/mol. The Morgan fingerprint density at radius 1 is 1.00 bits per heavy atom. The molecule has 0 radical (unpaired) electrons. The summed E-state index contributed by atoms with van der Waals surface area (Å²) in [5.41, 5.74) is 3.10. The summed E-state index contributed by atoms with van der Waals surface area (Å²) in [7, 11) is 0. The second-order valence-electron chi connectivity index (χ2n) is 7.14. The molecule has 0 aliphatic carbocycles. The van der Waals surface area contributed by atoms with Gasteiger partial charge in [-0.25, -0.2) is 4.79 Å². The molecule has 4 aromatic rings. The molecule has 1 N–H and O–H groups in total. The topological polar surface area (TPSA) is 71.7 Å². The van der Waals surface area contributed by atoms with Crippen LogP contribution < -0.4 is 10.9 Å². The van der Waals surface area contributed by atoms with Gasteiger partial charge in [0.05, 0.1) is 5.69 Å². The lowest BCUT2D eigenvalue weighted by atomic mass is 10.0. The number of carbonyl (C=O) groups excluding carboxylic acids is 1. The molecule has 0 saturated heterocycles. The highest BCUT2D eigenvalue weighted by molar-refractivity contribution is 6.08. The standard InChI is InChI=1S/C24H18N2O3/c27-23(25-12-11-17-13-16-6-2-4-8-21(16)26-17)20-14-19-18-7-3-1-5-15(18)9-10-22(19)29-24(20)28/h1-10,14H,11-13H2,(H,25,27). The predicted octanol–water partition coefficient (Wildman–Crippen LogP) is 4.39. The van der Waals surface area contributed by atoms with Crippen LogP contribution in [0.25, 0.3) is 21.7 Å². The van der Waals surface area contributed by atoms with Crippen molar-refractivity contribution < 1.29 is 9.21 Å². The highest BCUT2D eigenvalue weighted by Gasteiger charge is 2.17. The van der Waals surface area contributed by atoms with Crippen LogP contribution in [0.4, 0.5) is 5.69 Å². The fraction of sp³-hybridized carbons (Fsp3) is 0.125. The van der Waals surface area contributed by atoms with E-state index in [1.807, 2.05) is 48.5 Å². The molecule has 142 valence electrons. The fourth-order valence-electron chi connectivity index (χ4n) is 3.79. The van der Waals surface area contributed by atoms with Gasteiger partial charge in [-0.1, -0.05) is 48.5 Å². The maximum absolute atomic E-state index is 12.6. The van der Waals surface area contributed by atoms with Crippen molar-refractivity contribution in [3.63, 3.8) is 0 Å². The summed E-state index contributed by atoms with van der Waals surface area (Å²) in [6.07, 6.45) is 1.44. The van der Waals surface area contributed by atoms with Crippen LogP contribution in [0, 0.1) is 0 Å². The number of rotatable bonds is 4. The van der Waals surface area contributed by atoms with Gasteiger partial charge in [0.2, 0.25) is 0 Å². The van der Waals surface area contributed by atoms with E-state index < -0.39 is 11.5 Å². The van der Waals surface area contributed by atoms with E-state index in [1.54, 1.807) is 12.1 Å². The van der Waals surface area contributed by atoms with Crippen molar-refractivity contribution in [3.05, 3.63) is 88.3 Å². The molecule has 0 saturated carbocycles. The fourth-order valence-corrected chi connectivity index (χ4v) is 3.79. The minimum atomic E-state index is -0.629. The van der Waals surface area contributed by atoms with Crippen molar-refractivity contribution in [3.8, 4) is 0 Å². The molecule has 5 nitrogen and oxygen atoms in total. The number of benzene rings is 3. The van der Waals surface area contributed by atoms with Crippen LogP contribution in [0.2, 0.25) is 0 Å². The van der Waals surface area contributed by atoms with Crippen molar-refractivity contribution >= 4 is 39.0 Å². The van der Waals surface area contributed by atoms with Gasteiger partial charge in [0.15, 0.2) is 0 Å². The van der Waals surface area contributed by atoms with Crippen LogP contribution in [0.5, 0.6) is 0 Å². The molecule has 3 aromatic carbocycles. The van der Waals surface area contributed by atoms with E-state index >= 15 is 0 Å². The van der Waals surface area contributed by atoms with Gasteiger partial charge in [-0.3, -0.25) is 9.79 Å². The number of carbonyl (C=O) groups is 1. The summed E-state index contributed by atoms with van der Waals surface area (Å²) >= 11 is 0. The minimum absolute atomic E-state index is 0.0190. The molecular formula is C24H18N2O3. The lowest BCUT2D eigenvalue weighted by molar-refractivity contribution is 0.0951. The Balaban J connectivity index is 1.35. The van der Waals surface area contributed by atoms with E-state index in [0.29, 0.717) is 18.5 Å². The average Bonchev–Trinajstić information content (AvgIpc) is 3.15. The third-order valence-electron chi connectivity index (χ3n) is 5.25. The van der Waals surface area contributed by atoms with Gasteiger partial charge in [0.25, 0.3) is 5.91 Å². The van der Waals surface area contributed by atoms with Crippen molar-refractivity contribution in [2.24, 2.45) is 4.99 Å². The van der Waals surface area contributed by atoms with Crippen molar-refractivity contribution in [2.75, 3.05) is 6.54 Å². The van der Waals surface area contributed by atoms with Gasteiger partial charge in [-0.15, -0.1) is 0 Å². The van der Waals surface area contributed by atoms with E-state index in [2.05, 4.69) is 16.4 Å². The van der Waals surface area contributed by atoms with Crippen molar-refractivity contribution in [1.82, 2.24) is 5.32 Å². The second-order valence-corrected chi connectivity index (χ2v) is 7.14. The Labute approximate surface area is 166 Å². The Morgan fingerprint density at radius 2 is 1.83 bits per heavy atom. The normalized spacial score (nSPS) is 12.8. The summed E-state index contributed by atoms with van der Waals surface area (Å²) in [5.74, 6) is -0.426. The van der Waals surface area contributed by atoms with Gasteiger partial charge in [0, 0.05) is 30.5 Å². The number of fused-ring (bicyclic) bond motifs is 4. The SMILES string of the molecule is O=C(NCCC1=Nc2ccccc2C1)c1cc2c(ccc3ccccc32)oc1=O. The smallest absolute Gasteiger partial charge is 0.349 e. The molecule has 2 heterocycles. The molecule has 1 aromatic heterocycles. The van der Waals surface area contributed by atoms with Crippen LogP contribution in [0.3, 0.4) is 0 Å². The van der Waals surface area contributed by atoms with Gasteiger partial charge < -0.3 is 9.73 Å². The molecule has 5 rings (SSSR count). The van der Waals surface area contributed by atoms with Crippen LogP contribution in [-0.2, 0) is 6.42 Å². The lowest BCUT2D eigenvalue weighted by Gasteiger charge is -2.07. The second kappa shape index (κ2) is 7.02. The molecule has 0 spiro atoms. The number of hydrogen-bond acceptors (Lipinski definition) is 4. The van der Waals surface area contributed by atoms with Gasteiger partial charge in [-0.05, 0) is 34.5 Å². The molecule has 1 aliphatic rings. The lowest BCUT2D eigenvalue weighted by Crippen LogP contribution is -2.30. The Kier molecular flexibility index (Phi) is 4.21. The zero-order chi connectivity index (χ0) is 19.8. The molecule has 0 atom stereocenters. The molecule has 0 fully saturated rings. The Hall–Kier alpha value is -3.73. The zero-order valence-corrected chi connectivity index (χ0v) is 15.6. The van der Waals surface area contributed by atoms with Crippen molar-refractivity contribution in [2.45, 2.75) is 12.8 Å². The average molecular weight is 382 g/mol. The first-order valence-corrected chi connectivity index (χ1v) is 9.57. The van der Waals surface area contributed by atoms with E-state index in [0.717, 1.165) is 34.0 Å². The van der Waals surface area contributed by atoms with E-state index in [-0.39, 0.29) is 5.56 Å². The maximum Gasteiger partial charge on any atom is 0.349 e. The van der Waals surface area contributed by atoms with Crippen LogP contribution in [0.1, 0.15) is 22.3 Å². The molecular weight excluding hydrogens is 364 g/mol. The summed E-state index contributed by atoms with van der Waals surface area (Å²) in [6, 6.07) is 21.1. The first-order chi connectivity index (χ1) is 14.2. The first-order valence-electron chi connectivity index (χ1n) is 9.57. The Bertz CT molecular complexity index is 1350. The summed E-state index contributed by atoms with van der Waals surface area (Å²) in [5, 5.41) is 5.55. The largest absolute Gasteiger partial charge is 0.422 e. The quantitative estimate of drug-likeness (QED) is 0.420. The number of nitrogens with one attached hydrogen (secondary N) is 1. The molecule has 0 unspecified atom stereocenters. The van der Waals surface area contributed by atoms with Gasteiger partial charge in [0.1, 0.15) is 11.1 Å². The van der Waals surface area contributed by atoms with Crippen molar-refractivity contribution in [1.29, 1.82) is 0 Å². The van der Waals surface area contributed by atoms with Gasteiger partial charge >= 0.3 is 5.63 Å². The van der Waals surface area contributed by atoms with Crippen LogP contribution in [0.15, 0.2) is 80.9 Å². The number of nitrogens with zero attached hydrogens (tertiary/aromatic N) is 1. The predicted molar refractivity (Wildman–Crippen MR) is 114 cm³/mol. The van der Waals surface area contributed by atoms with E-state index in [4.69, 9.17) is 4.42 Å². The molecule has 0 bridgehead atoms. The highest BCUT2D eigenvalue weighted by Crippen LogP contribution is 2.27. The molecule has 29 heavy (non-hydrogen) atoms. The Morgan fingerprint density at radius 3 is 2.72 bits per heavy atom. The summed E-state index contributed by atoms with van der Waals surface area (Å²) in [4.78, 5) is 29.6.